The first-order valence-electron chi connectivity index (χ1n) is 6.11. The normalized spacial score (nSPS) is 10.2. The van der Waals surface area contributed by atoms with E-state index in [0.29, 0.717) is 5.56 Å². The van der Waals surface area contributed by atoms with E-state index >= 15 is 0 Å². The van der Waals surface area contributed by atoms with Crippen molar-refractivity contribution in [3.63, 3.8) is 0 Å². The van der Waals surface area contributed by atoms with E-state index in [2.05, 4.69) is 15.9 Å². The highest BCUT2D eigenvalue weighted by molar-refractivity contribution is 9.10. The Kier molecular flexibility index (Phi) is 4.70. The minimum absolute atomic E-state index is 0.106. The number of ether oxygens (including phenoxy) is 1. The van der Waals surface area contributed by atoms with E-state index in [9.17, 15) is 14.9 Å². The van der Waals surface area contributed by atoms with Crippen LogP contribution in [0.15, 0.2) is 46.9 Å². The van der Waals surface area contributed by atoms with Crippen molar-refractivity contribution in [2.24, 2.45) is 0 Å². The molecule has 2 aromatic rings. The van der Waals surface area contributed by atoms with Crippen LogP contribution in [-0.2, 0) is 6.42 Å². The third kappa shape index (κ3) is 3.66. The van der Waals surface area contributed by atoms with Gasteiger partial charge < -0.3 is 4.74 Å². The minimum Gasteiger partial charge on any atom is -0.496 e. The highest BCUT2D eigenvalue weighted by Gasteiger charge is 2.17. The zero-order chi connectivity index (χ0) is 15.4. The Bertz CT molecular complexity index is 700. The number of carbonyl (C=O) groups excluding carboxylic acids is 1. The first-order valence-corrected chi connectivity index (χ1v) is 6.90. The predicted octanol–water partition coefficient (Wildman–Crippen LogP) is 3.79. The fraction of sp³-hybridized carbons (Fsp3) is 0.133. The molecule has 0 atom stereocenters. The van der Waals surface area contributed by atoms with E-state index in [-0.39, 0.29) is 23.6 Å². The smallest absolute Gasteiger partial charge is 0.273 e. The van der Waals surface area contributed by atoms with Gasteiger partial charge >= 0.3 is 0 Å². The Hall–Kier alpha value is -2.21. The number of methoxy groups -OCH3 is 1. The van der Waals surface area contributed by atoms with Gasteiger partial charge in [0.15, 0.2) is 5.78 Å². The quantitative estimate of drug-likeness (QED) is 0.467. The van der Waals surface area contributed by atoms with Crippen LogP contribution in [0.2, 0.25) is 0 Å². The number of halogens is 1. The van der Waals surface area contributed by atoms with E-state index < -0.39 is 4.92 Å². The number of carbonyl (C=O) groups is 1. The number of Topliss-reactive ketones (excluding diaryl/α,β-unsaturated/α-hetero) is 1. The molecular weight excluding hydrogens is 338 g/mol. The van der Waals surface area contributed by atoms with Crippen LogP contribution in [0.5, 0.6) is 5.75 Å². The molecule has 2 aromatic carbocycles. The molecule has 0 aliphatic carbocycles. The number of nitro groups is 1. The number of non-ortho nitro benzene ring substituents is 1. The van der Waals surface area contributed by atoms with Crippen LogP contribution in [0.3, 0.4) is 0 Å². The first-order chi connectivity index (χ1) is 10.0. The minimum atomic E-state index is -0.523. The second-order valence-electron chi connectivity index (χ2n) is 4.37. The lowest BCUT2D eigenvalue weighted by molar-refractivity contribution is -0.384. The number of rotatable bonds is 5. The Labute approximate surface area is 129 Å². The van der Waals surface area contributed by atoms with Crippen molar-refractivity contribution >= 4 is 27.4 Å². The lowest BCUT2D eigenvalue weighted by Gasteiger charge is -2.07. The van der Waals surface area contributed by atoms with Gasteiger partial charge in [0.05, 0.1) is 23.7 Å². The monoisotopic (exact) mass is 349 g/mol. The summed E-state index contributed by atoms with van der Waals surface area (Å²) in [5, 5.41) is 10.7. The van der Waals surface area contributed by atoms with Gasteiger partial charge in [0, 0.05) is 17.0 Å². The maximum atomic E-state index is 12.3. The van der Waals surface area contributed by atoms with Gasteiger partial charge in [0.2, 0.25) is 0 Å². The average Bonchev–Trinajstić information content (AvgIpc) is 2.46. The number of hydrogen-bond acceptors (Lipinski definition) is 4. The van der Waals surface area contributed by atoms with Crippen molar-refractivity contribution in [2.45, 2.75) is 6.42 Å². The van der Waals surface area contributed by atoms with E-state index in [1.54, 1.807) is 0 Å². The van der Waals surface area contributed by atoms with Crippen LogP contribution in [0.1, 0.15) is 15.9 Å². The van der Waals surface area contributed by atoms with Crippen molar-refractivity contribution in [3.05, 3.63) is 68.2 Å². The Morgan fingerprint density at radius 2 is 2.05 bits per heavy atom. The molecule has 0 radical (unpaired) electrons. The molecule has 108 valence electrons. The molecule has 0 fully saturated rings. The summed E-state index contributed by atoms with van der Waals surface area (Å²) < 4.78 is 5.98. The van der Waals surface area contributed by atoms with Gasteiger partial charge in [0.1, 0.15) is 5.75 Å². The van der Waals surface area contributed by atoms with E-state index in [4.69, 9.17) is 4.74 Å². The zero-order valence-corrected chi connectivity index (χ0v) is 12.8. The molecule has 0 aromatic heterocycles. The molecule has 2 rings (SSSR count). The molecule has 0 heterocycles. The van der Waals surface area contributed by atoms with E-state index in [0.717, 1.165) is 10.0 Å². The van der Waals surface area contributed by atoms with E-state index in [1.165, 1.54) is 25.3 Å². The summed E-state index contributed by atoms with van der Waals surface area (Å²) >= 11 is 3.35. The average molecular weight is 350 g/mol. The summed E-state index contributed by atoms with van der Waals surface area (Å²) in [6.45, 7) is 0. The molecule has 0 amide bonds. The molecule has 0 N–H and O–H groups in total. The lowest BCUT2D eigenvalue weighted by atomic mass is 10.0. The predicted molar refractivity (Wildman–Crippen MR) is 81.8 cm³/mol. The number of nitrogens with zero attached hydrogens (tertiary/aromatic N) is 1. The summed E-state index contributed by atoms with van der Waals surface area (Å²) in [7, 11) is 1.38. The van der Waals surface area contributed by atoms with Crippen molar-refractivity contribution in [1.29, 1.82) is 0 Å². The molecule has 0 saturated carbocycles. The maximum Gasteiger partial charge on any atom is 0.273 e. The second kappa shape index (κ2) is 6.49. The van der Waals surface area contributed by atoms with Crippen LogP contribution < -0.4 is 4.74 Å². The lowest BCUT2D eigenvalue weighted by Crippen LogP contribution is -2.06. The number of hydrogen-bond donors (Lipinski definition) is 0. The molecule has 0 spiro atoms. The van der Waals surface area contributed by atoms with Gasteiger partial charge in [-0.2, -0.15) is 0 Å². The molecule has 0 unspecified atom stereocenters. The van der Waals surface area contributed by atoms with Crippen molar-refractivity contribution in [3.8, 4) is 5.75 Å². The summed E-state index contributed by atoms with van der Waals surface area (Å²) in [6, 6.07) is 11.4. The molecule has 0 aliphatic heterocycles. The van der Waals surface area contributed by atoms with Crippen LogP contribution in [0, 0.1) is 10.1 Å². The standard InChI is InChI=1S/C15H12BrNO4/c1-21-15-9-12(17(19)20)5-6-13(15)14(18)8-10-3-2-4-11(16)7-10/h2-7,9H,8H2,1H3. The van der Waals surface area contributed by atoms with Crippen LogP contribution in [0.4, 0.5) is 5.69 Å². The van der Waals surface area contributed by atoms with Crippen molar-refractivity contribution < 1.29 is 14.5 Å². The summed E-state index contributed by atoms with van der Waals surface area (Å²) in [5.41, 5.74) is 1.09. The van der Waals surface area contributed by atoms with Gasteiger partial charge in [-0.05, 0) is 23.8 Å². The number of ketones is 1. The fourth-order valence-electron chi connectivity index (χ4n) is 1.95. The molecule has 21 heavy (non-hydrogen) atoms. The third-order valence-corrected chi connectivity index (χ3v) is 3.44. The number of benzene rings is 2. The maximum absolute atomic E-state index is 12.3. The third-order valence-electron chi connectivity index (χ3n) is 2.95. The summed E-state index contributed by atoms with van der Waals surface area (Å²) in [4.78, 5) is 22.5. The van der Waals surface area contributed by atoms with Crippen LogP contribution >= 0.6 is 15.9 Å². The zero-order valence-electron chi connectivity index (χ0n) is 11.2. The first kappa shape index (κ1) is 15.2. The summed E-state index contributed by atoms with van der Waals surface area (Å²) in [5.74, 6) is 0.0593. The molecule has 5 nitrogen and oxygen atoms in total. The summed E-state index contributed by atoms with van der Waals surface area (Å²) in [6.07, 6.45) is 0.202. The van der Waals surface area contributed by atoms with Crippen LogP contribution in [0.25, 0.3) is 0 Å². The molecule has 6 heteroatoms. The Morgan fingerprint density at radius 3 is 2.67 bits per heavy atom. The molecule has 0 aliphatic rings. The van der Waals surface area contributed by atoms with Crippen molar-refractivity contribution in [1.82, 2.24) is 0 Å². The van der Waals surface area contributed by atoms with Crippen LogP contribution in [-0.4, -0.2) is 17.8 Å². The largest absolute Gasteiger partial charge is 0.496 e. The van der Waals surface area contributed by atoms with Crippen molar-refractivity contribution in [2.75, 3.05) is 7.11 Å². The fourth-order valence-corrected chi connectivity index (χ4v) is 2.40. The number of nitro benzene ring substituents is 1. The highest BCUT2D eigenvalue weighted by atomic mass is 79.9. The van der Waals surface area contributed by atoms with Gasteiger partial charge in [-0.25, -0.2) is 0 Å². The second-order valence-corrected chi connectivity index (χ2v) is 5.29. The Morgan fingerprint density at radius 1 is 1.29 bits per heavy atom. The van der Waals surface area contributed by atoms with Gasteiger partial charge in [-0.3, -0.25) is 14.9 Å². The molecule has 0 bridgehead atoms. The Balaban J connectivity index is 2.28. The van der Waals surface area contributed by atoms with Gasteiger partial charge in [0.25, 0.3) is 5.69 Å². The SMILES string of the molecule is COc1cc([N+](=O)[O-])ccc1C(=O)Cc1cccc(Br)c1. The van der Waals surface area contributed by atoms with E-state index in [1.807, 2.05) is 24.3 Å². The van der Waals surface area contributed by atoms with Gasteiger partial charge in [-0.1, -0.05) is 28.1 Å². The molecular formula is C15H12BrNO4. The van der Waals surface area contributed by atoms with Gasteiger partial charge in [-0.15, -0.1) is 0 Å². The highest BCUT2D eigenvalue weighted by Crippen LogP contribution is 2.26. The molecule has 0 saturated heterocycles. The topological polar surface area (TPSA) is 69.4 Å².